The van der Waals surface area contributed by atoms with Gasteiger partial charge in [-0.15, -0.1) is 0 Å². The Hall–Kier alpha value is -2.67. The number of anilines is 1. The lowest BCUT2D eigenvalue weighted by atomic mass is 10.2. The molecule has 3 rings (SSSR count). The topological polar surface area (TPSA) is 87.6 Å². The first kappa shape index (κ1) is 17.2. The summed E-state index contributed by atoms with van der Waals surface area (Å²) in [7, 11) is 1.58. The highest BCUT2D eigenvalue weighted by atomic mass is 16.5. The molecule has 0 radical (unpaired) electrons. The van der Waals surface area contributed by atoms with Gasteiger partial charge in [0.05, 0.1) is 32.0 Å². The number of methoxy groups -OCH3 is 1. The van der Waals surface area contributed by atoms with Gasteiger partial charge in [-0.25, -0.2) is 9.97 Å². The van der Waals surface area contributed by atoms with Crippen molar-refractivity contribution in [1.82, 2.24) is 14.9 Å². The van der Waals surface area contributed by atoms with E-state index in [1.54, 1.807) is 30.2 Å². The van der Waals surface area contributed by atoms with Crippen LogP contribution in [0.3, 0.4) is 0 Å². The number of aliphatic hydroxyl groups is 1. The molecule has 0 saturated carbocycles. The molecule has 1 amide bonds. The second kappa shape index (κ2) is 7.94. The minimum atomic E-state index is -0.139. The molecule has 1 atom stereocenters. The van der Waals surface area contributed by atoms with Gasteiger partial charge in [-0.1, -0.05) is 12.1 Å². The van der Waals surface area contributed by atoms with E-state index in [0.29, 0.717) is 30.5 Å². The zero-order valence-corrected chi connectivity index (χ0v) is 14.2. The highest BCUT2D eigenvalue weighted by Crippen LogP contribution is 2.19. The predicted octanol–water partition coefficient (Wildman–Crippen LogP) is 1.69. The van der Waals surface area contributed by atoms with Crippen molar-refractivity contribution in [3.63, 3.8) is 0 Å². The number of amides is 1. The maximum Gasteiger partial charge on any atom is 0.272 e. The summed E-state index contributed by atoms with van der Waals surface area (Å²) in [5.41, 5.74) is 1.20. The van der Waals surface area contributed by atoms with Crippen molar-refractivity contribution in [3.8, 4) is 5.88 Å². The monoisotopic (exact) mass is 342 g/mol. The number of rotatable bonds is 6. The average molecular weight is 342 g/mol. The number of pyridine rings is 2. The van der Waals surface area contributed by atoms with Crippen molar-refractivity contribution in [2.24, 2.45) is 0 Å². The van der Waals surface area contributed by atoms with Crippen LogP contribution in [-0.4, -0.2) is 52.2 Å². The summed E-state index contributed by atoms with van der Waals surface area (Å²) in [5, 5.41) is 12.6. The third kappa shape index (κ3) is 4.06. The van der Waals surface area contributed by atoms with Crippen LogP contribution in [0.25, 0.3) is 0 Å². The Kier molecular flexibility index (Phi) is 5.45. The molecule has 0 bridgehead atoms. The molecule has 7 heteroatoms. The van der Waals surface area contributed by atoms with E-state index in [4.69, 9.17) is 4.74 Å². The first-order valence-corrected chi connectivity index (χ1v) is 8.34. The minimum absolute atomic E-state index is 0.00874. The standard InChI is InChI=1S/C18H22N4O3/c1-25-17-9-2-5-13(20-17)11-19-16-8-3-7-15(21-16)18(24)22-10-4-6-14(22)12-23/h2-3,5,7-9,14,23H,4,6,10-12H2,1H3,(H,19,21). The Balaban J connectivity index is 1.67. The van der Waals surface area contributed by atoms with Gasteiger partial charge in [0.15, 0.2) is 0 Å². The van der Waals surface area contributed by atoms with E-state index in [1.165, 1.54) is 0 Å². The molecule has 0 aliphatic carbocycles. The second-order valence-corrected chi connectivity index (χ2v) is 5.91. The average Bonchev–Trinajstić information content (AvgIpc) is 3.15. The van der Waals surface area contributed by atoms with E-state index >= 15 is 0 Å². The number of aliphatic hydroxyl groups excluding tert-OH is 1. The summed E-state index contributed by atoms with van der Waals surface area (Å²) in [4.78, 5) is 23.1. The summed E-state index contributed by atoms with van der Waals surface area (Å²) in [5.74, 6) is 1.02. The molecule has 1 fully saturated rings. The van der Waals surface area contributed by atoms with E-state index < -0.39 is 0 Å². The first-order valence-electron chi connectivity index (χ1n) is 8.34. The minimum Gasteiger partial charge on any atom is -0.481 e. The van der Waals surface area contributed by atoms with Crippen LogP contribution in [0, 0.1) is 0 Å². The Bertz CT molecular complexity index is 738. The van der Waals surface area contributed by atoms with Gasteiger partial charge in [0.1, 0.15) is 11.5 Å². The molecule has 1 saturated heterocycles. The number of carbonyl (C=O) groups excluding carboxylic acids is 1. The van der Waals surface area contributed by atoms with Gasteiger partial charge in [0.25, 0.3) is 5.91 Å². The number of aromatic nitrogens is 2. The van der Waals surface area contributed by atoms with Crippen LogP contribution >= 0.6 is 0 Å². The lowest BCUT2D eigenvalue weighted by molar-refractivity contribution is 0.0672. The fourth-order valence-electron chi connectivity index (χ4n) is 2.94. The smallest absolute Gasteiger partial charge is 0.272 e. The molecular weight excluding hydrogens is 320 g/mol. The van der Waals surface area contributed by atoms with Crippen LogP contribution in [0.5, 0.6) is 5.88 Å². The quantitative estimate of drug-likeness (QED) is 0.831. The van der Waals surface area contributed by atoms with Crippen molar-refractivity contribution in [2.75, 3.05) is 25.6 Å². The van der Waals surface area contributed by atoms with Crippen molar-refractivity contribution < 1.29 is 14.6 Å². The summed E-state index contributed by atoms with van der Waals surface area (Å²) < 4.78 is 5.11. The first-order chi connectivity index (χ1) is 12.2. The zero-order valence-electron chi connectivity index (χ0n) is 14.2. The number of nitrogens with zero attached hydrogens (tertiary/aromatic N) is 3. The molecule has 0 spiro atoms. The van der Waals surface area contributed by atoms with Crippen molar-refractivity contribution in [2.45, 2.75) is 25.4 Å². The number of likely N-dealkylation sites (tertiary alicyclic amines) is 1. The summed E-state index contributed by atoms with van der Waals surface area (Å²) in [6.07, 6.45) is 1.75. The van der Waals surface area contributed by atoms with Gasteiger partial charge in [-0.05, 0) is 31.0 Å². The number of ether oxygens (including phenoxy) is 1. The number of hydrogen-bond acceptors (Lipinski definition) is 6. The zero-order chi connectivity index (χ0) is 17.6. The molecule has 1 unspecified atom stereocenters. The third-order valence-electron chi connectivity index (χ3n) is 4.26. The molecule has 3 heterocycles. The second-order valence-electron chi connectivity index (χ2n) is 5.91. The Morgan fingerprint density at radius 3 is 2.96 bits per heavy atom. The predicted molar refractivity (Wildman–Crippen MR) is 93.5 cm³/mol. The largest absolute Gasteiger partial charge is 0.481 e. The lowest BCUT2D eigenvalue weighted by Crippen LogP contribution is -2.38. The fourth-order valence-corrected chi connectivity index (χ4v) is 2.94. The Labute approximate surface area is 146 Å². The molecule has 1 aliphatic heterocycles. The number of hydrogen-bond donors (Lipinski definition) is 2. The highest BCUT2D eigenvalue weighted by molar-refractivity contribution is 5.93. The van der Waals surface area contributed by atoms with Crippen molar-refractivity contribution in [1.29, 1.82) is 0 Å². The molecule has 1 aliphatic rings. The van der Waals surface area contributed by atoms with Gasteiger partial charge < -0.3 is 20.1 Å². The van der Waals surface area contributed by atoms with E-state index in [1.807, 2.05) is 18.2 Å². The normalized spacial score (nSPS) is 16.7. The maximum atomic E-state index is 12.6. The third-order valence-corrected chi connectivity index (χ3v) is 4.26. The molecule has 7 nitrogen and oxygen atoms in total. The van der Waals surface area contributed by atoms with Gasteiger partial charge >= 0.3 is 0 Å². The Morgan fingerprint density at radius 1 is 1.32 bits per heavy atom. The van der Waals surface area contributed by atoms with Gasteiger partial charge in [0, 0.05) is 12.6 Å². The fraction of sp³-hybridized carbons (Fsp3) is 0.389. The molecule has 25 heavy (non-hydrogen) atoms. The van der Waals surface area contributed by atoms with Gasteiger partial charge in [-0.3, -0.25) is 4.79 Å². The molecular formula is C18H22N4O3. The highest BCUT2D eigenvalue weighted by Gasteiger charge is 2.29. The molecule has 0 aromatic carbocycles. The van der Waals surface area contributed by atoms with Crippen molar-refractivity contribution >= 4 is 11.7 Å². The molecule has 2 aromatic heterocycles. The van der Waals surface area contributed by atoms with Crippen molar-refractivity contribution in [3.05, 3.63) is 47.8 Å². The Morgan fingerprint density at radius 2 is 2.16 bits per heavy atom. The van der Waals surface area contributed by atoms with E-state index in [0.717, 1.165) is 18.5 Å². The van der Waals surface area contributed by atoms with E-state index in [9.17, 15) is 9.90 Å². The molecule has 2 aromatic rings. The maximum absolute atomic E-state index is 12.6. The van der Waals surface area contributed by atoms with Crippen LogP contribution in [0.15, 0.2) is 36.4 Å². The van der Waals surface area contributed by atoms with Crippen LogP contribution in [0.1, 0.15) is 29.0 Å². The lowest BCUT2D eigenvalue weighted by Gasteiger charge is -2.22. The number of carbonyl (C=O) groups is 1. The van der Waals surface area contributed by atoms with Crippen LogP contribution < -0.4 is 10.1 Å². The van der Waals surface area contributed by atoms with Crippen LogP contribution in [-0.2, 0) is 6.54 Å². The van der Waals surface area contributed by atoms with Crippen LogP contribution in [0.2, 0.25) is 0 Å². The van der Waals surface area contributed by atoms with E-state index in [-0.39, 0.29) is 18.6 Å². The van der Waals surface area contributed by atoms with Gasteiger partial charge in [0.2, 0.25) is 5.88 Å². The SMILES string of the molecule is COc1cccc(CNc2cccc(C(=O)N3CCCC3CO)n2)n1. The summed E-state index contributed by atoms with van der Waals surface area (Å²) >= 11 is 0. The molecule has 2 N–H and O–H groups in total. The molecule has 132 valence electrons. The van der Waals surface area contributed by atoms with Crippen LogP contribution in [0.4, 0.5) is 5.82 Å². The summed E-state index contributed by atoms with van der Waals surface area (Å²) in [6, 6.07) is 10.8. The van der Waals surface area contributed by atoms with Gasteiger partial charge in [-0.2, -0.15) is 0 Å². The number of nitrogens with one attached hydrogen (secondary N) is 1. The summed E-state index contributed by atoms with van der Waals surface area (Å²) in [6.45, 7) is 1.13. The van der Waals surface area contributed by atoms with E-state index in [2.05, 4.69) is 15.3 Å².